The highest BCUT2D eigenvalue weighted by Crippen LogP contribution is 2.31. The first kappa shape index (κ1) is 17.3. The second-order valence-corrected chi connectivity index (χ2v) is 6.82. The van der Waals surface area contributed by atoms with Gasteiger partial charge in [-0.15, -0.1) is 0 Å². The van der Waals surface area contributed by atoms with E-state index in [1.165, 1.54) is 11.3 Å². The molecule has 5 heteroatoms. The van der Waals surface area contributed by atoms with Crippen LogP contribution in [-0.2, 0) is 6.42 Å². The van der Waals surface area contributed by atoms with Crippen molar-refractivity contribution in [3.63, 3.8) is 0 Å². The van der Waals surface area contributed by atoms with Gasteiger partial charge in [0.2, 0.25) is 5.89 Å². The van der Waals surface area contributed by atoms with Gasteiger partial charge in [0.05, 0.1) is 0 Å². The Morgan fingerprint density at radius 3 is 2.81 bits per heavy atom. The summed E-state index contributed by atoms with van der Waals surface area (Å²) in [5.74, 6) is 0.728. The first-order valence-corrected chi connectivity index (χ1v) is 9.38. The van der Waals surface area contributed by atoms with E-state index in [1.54, 1.807) is 6.92 Å². The van der Waals surface area contributed by atoms with E-state index in [2.05, 4.69) is 34.3 Å². The molecule has 0 radical (unpaired) electrons. The molecule has 0 unspecified atom stereocenters. The number of benzene rings is 2. The third kappa shape index (κ3) is 3.45. The standard InChI is InChI=1S/C22H23N3O2/c1-3-12-25-13-11-17-14-18(9-10-19(17)25)23-21(26)20-15(2)27-22(24-20)16-7-5-4-6-8-16/h4-10,14H,3,11-13H2,1-2H3,(H,23,26). The number of oxazole rings is 1. The zero-order valence-electron chi connectivity index (χ0n) is 15.7. The lowest BCUT2D eigenvalue weighted by molar-refractivity contribution is 0.102. The highest BCUT2D eigenvalue weighted by molar-refractivity contribution is 6.04. The topological polar surface area (TPSA) is 58.4 Å². The van der Waals surface area contributed by atoms with Crippen LogP contribution in [0.5, 0.6) is 0 Å². The highest BCUT2D eigenvalue weighted by Gasteiger charge is 2.21. The molecule has 3 aromatic rings. The Morgan fingerprint density at radius 1 is 1.22 bits per heavy atom. The third-order valence-corrected chi connectivity index (χ3v) is 4.86. The Hall–Kier alpha value is -3.08. The van der Waals surface area contributed by atoms with Crippen molar-refractivity contribution < 1.29 is 9.21 Å². The van der Waals surface area contributed by atoms with Crippen molar-refractivity contribution in [2.24, 2.45) is 0 Å². The van der Waals surface area contributed by atoms with E-state index >= 15 is 0 Å². The summed E-state index contributed by atoms with van der Waals surface area (Å²) in [6.07, 6.45) is 2.15. The predicted molar refractivity (Wildman–Crippen MR) is 107 cm³/mol. The van der Waals surface area contributed by atoms with E-state index in [0.717, 1.165) is 37.2 Å². The second kappa shape index (κ2) is 7.27. The van der Waals surface area contributed by atoms with Gasteiger partial charge in [0.15, 0.2) is 5.69 Å². The minimum absolute atomic E-state index is 0.248. The Kier molecular flexibility index (Phi) is 4.67. The first-order valence-electron chi connectivity index (χ1n) is 9.38. The number of amides is 1. The molecule has 0 saturated carbocycles. The van der Waals surface area contributed by atoms with Gasteiger partial charge < -0.3 is 14.6 Å². The molecule has 0 aliphatic carbocycles. The molecule has 138 valence electrons. The minimum atomic E-state index is -0.248. The largest absolute Gasteiger partial charge is 0.441 e. The van der Waals surface area contributed by atoms with Crippen molar-refractivity contribution in [2.75, 3.05) is 23.3 Å². The Bertz CT molecular complexity index is 963. The zero-order valence-corrected chi connectivity index (χ0v) is 15.7. The number of hydrogen-bond donors (Lipinski definition) is 1. The van der Waals surface area contributed by atoms with Crippen LogP contribution in [0.1, 0.15) is 35.2 Å². The number of rotatable bonds is 5. The Morgan fingerprint density at radius 2 is 2.04 bits per heavy atom. The minimum Gasteiger partial charge on any atom is -0.441 e. The van der Waals surface area contributed by atoms with E-state index in [0.29, 0.717) is 17.3 Å². The summed E-state index contributed by atoms with van der Waals surface area (Å²) in [7, 11) is 0. The molecule has 4 rings (SSSR count). The van der Waals surface area contributed by atoms with Crippen LogP contribution in [0.25, 0.3) is 11.5 Å². The van der Waals surface area contributed by atoms with Crippen molar-refractivity contribution in [3.8, 4) is 11.5 Å². The number of aryl methyl sites for hydroxylation is 1. The molecule has 2 aromatic carbocycles. The van der Waals surface area contributed by atoms with Gasteiger partial charge in [-0.05, 0) is 55.7 Å². The molecule has 1 aliphatic heterocycles. The number of aromatic nitrogens is 1. The van der Waals surface area contributed by atoms with Gasteiger partial charge >= 0.3 is 0 Å². The van der Waals surface area contributed by atoms with Crippen molar-refractivity contribution >= 4 is 17.3 Å². The highest BCUT2D eigenvalue weighted by atomic mass is 16.4. The molecule has 27 heavy (non-hydrogen) atoms. The smallest absolute Gasteiger partial charge is 0.277 e. The lowest BCUT2D eigenvalue weighted by atomic mass is 10.1. The molecule has 0 saturated heterocycles. The summed E-state index contributed by atoms with van der Waals surface area (Å²) < 4.78 is 5.70. The molecule has 0 atom stereocenters. The number of anilines is 2. The normalized spacial score (nSPS) is 12.9. The van der Waals surface area contributed by atoms with Crippen LogP contribution in [0.15, 0.2) is 52.9 Å². The number of carbonyl (C=O) groups excluding carboxylic acids is 1. The maximum Gasteiger partial charge on any atom is 0.277 e. The summed E-state index contributed by atoms with van der Waals surface area (Å²) in [6.45, 7) is 6.07. The Balaban J connectivity index is 1.53. The third-order valence-electron chi connectivity index (χ3n) is 4.86. The molecule has 0 spiro atoms. The van der Waals surface area contributed by atoms with Gasteiger partial charge in [0.1, 0.15) is 5.76 Å². The van der Waals surface area contributed by atoms with Crippen molar-refractivity contribution in [1.29, 1.82) is 0 Å². The van der Waals surface area contributed by atoms with Crippen LogP contribution < -0.4 is 10.2 Å². The summed E-state index contributed by atoms with van der Waals surface area (Å²) in [5.41, 5.74) is 4.53. The van der Waals surface area contributed by atoms with Gasteiger partial charge in [-0.25, -0.2) is 4.98 Å². The molecule has 1 N–H and O–H groups in total. The van der Waals surface area contributed by atoms with Gasteiger partial charge in [-0.1, -0.05) is 25.1 Å². The molecule has 5 nitrogen and oxygen atoms in total. The van der Waals surface area contributed by atoms with E-state index in [4.69, 9.17) is 4.42 Å². The molecular formula is C22H23N3O2. The first-order chi connectivity index (χ1) is 13.2. The van der Waals surface area contributed by atoms with Gasteiger partial charge in [-0.3, -0.25) is 4.79 Å². The summed E-state index contributed by atoms with van der Waals surface area (Å²) in [4.78, 5) is 19.5. The average Bonchev–Trinajstić information content (AvgIpc) is 3.26. The molecule has 0 fully saturated rings. The number of hydrogen-bond acceptors (Lipinski definition) is 4. The SMILES string of the molecule is CCCN1CCc2cc(NC(=O)c3nc(-c4ccccc4)oc3C)ccc21. The van der Waals surface area contributed by atoms with Crippen molar-refractivity contribution in [3.05, 3.63) is 65.5 Å². The molecular weight excluding hydrogens is 338 g/mol. The van der Waals surface area contributed by atoms with E-state index in [9.17, 15) is 4.79 Å². The lowest BCUT2D eigenvalue weighted by Gasteiger charge is -2.18. The van der Waals surface area contributed by atoms with E-state index < -0.39 is 0 Å². The monoisotopic (exact) mass is 361 g/mol. The molecule has 1 aromatic heterocycles. The number of nitrogens with zero attached hydrogens (tertiary/aromatic N) is 2. The van der Waals surface area contributed by atoms with Crippen LogP contribution in [0.3, 0.4) is 0 Å². The summed E-state index contributed by atoms with van der Waals surface area (Å²) in [5, 5.41) is 2.96. The van der Waals surface area contributed by atoms with Crippen LogP contribution in [0.4, 0.5) is 11.4 Å². The van der Waals surface area contributed by atoms with Crippen LogP contribution in [0.2, 0.25) is 0 Å². The lowest BCUT2D eigenvalue weighted by Crippen LogP contribution is -2.20. The van der Waals surface area contributed by atoms with E-state index in [1.807, 2.05) is 36.4 Å². The number of fused-ring (bicyclic) bond motifs is 1. The number of nitrogens with one attached hydrogen (secondary N) is 1. The quantitative estimate of drug-likeness (QED) is 0.717. The van der Waals surface area contributed by atoms with Crippen LogP contribution >= 0.6 is 0 Å². The average molecular weight is 361 g/mol. The van der Waals surface area contributed by atoms with Crippen molar-refractivity contribution in [2.45, 2.75) is 26.7 Å². The van der Waals surface area contributed by atoms with Crippen molar-refractivity contribution in [1.82, 2.24) is 4.98 Å². The second-order valence-electron chi connectivity index (χ2n) is 6.82. The molecule has 1 amide bonds. The van der Waals surface area contributed by atoms with E-state index in [-0.39, 0.29) is 5.91 Å². The maximum atomic E-state index is 12.7. The Labute approximate surface area is 159 Å². The zero-order chi connectivity index (χ0) is 18.8. The molecule has 1 aliphatic rings. The number of carbonyl (C=O) groups is 1. The fourth-order valence-electron chi connectivity index (χ4n) is 3.55. The fraction of sp³-hybridized carbons (Fsp3) is 0.273. The fourth-order valence-corrected chi connectivity index (χ4v) is 3.55. The summed E-state index contributed by atoms with van der Waals surface area (Å²) in [6, 6.07) is 15.7. The molecule has 2 heterocycles. The van der Waals surface area contributed by atoms with Gasteiger partial charge in [0, 0.05) is 30.0 Å². The molecule has 0 bridgehead atoms. The summed E-state index contributed by atoms with van der Waals surface area (Å²) >= 11 is 0. The van der Waals surface area contributed by atoms with Gasteiger partial charge in [-0.2, -0.15) is 0 Å². The van der Waals surface area contributed by atoms with Gasteiger partial charge in [0.25, 0.3) is 5.91 Å². The maximum absolute atomic E-state index is 12.7. The predicted octanol–water partition coefficient (Wildman–Crippen LogP) is 4.67. The van der Waals surface area contributed by atoms with Crippen LogP contribution in [-0.4, -0.2) is 24.0 Å². The van der Waals surface area contributed by atoms with Crippen LogP contribution in [0, 0.1) is 6.92 Å².